The molecule has 0 saturated carbocycles. The molecule has 0 spiro atoms. The zero-order valence-electron chi connectivity index (χ0n) is 11.1. The summed E-state index contributed by atoms with van der Waals surface area (Å²) in [4.78, 5) is 0. The Labute approximate surface area is 122 Å². The molecule has 5 nitrogen and oxygen atoms in total. The maximum absolute atomic E-state index is 12.5. The van der Waals surface area contributed by atoms with Crippen LogP contribution in [0.2, 0.25) is 0 Å². The third-order valence-electron chi connectivity index (χ3n) is 2.85. The Balaban J connectivity index is 2.43. The van der Waals surface area contributed by atoms with Gasteiger partial charge in [0.15, 0.2) is 0 Å². The molecule has 1 N–H and O–H groups in total. The molecule has 0 aliphatic heterocycles. The molecule has 0 amide bonds. The van der Waals surface area contributed by atoms with Crippen LogP contribution in [0.15, 0.2) is 39.9 Å². The van der Waals surface area contributed by atoms with Crippen LogP contribution in [0.4, 0.5) is 5.69 Å². The number of aliphatic hydroxyl groups is 1. The highest BCUT2D eigenvalue weighted by Crippen LogP contribution is 2.32. The lowest BCUT2D eigenvalue weighted by Gasteiger charge is -2.20. The van der Waals surface area contributed by atoms with E-state index in [4.69, 9.17) is 9.84 Å². The van der Waals surface area contributed by atoms with Crippen LogP contribution < -0.4 is 9.04 Å². The summed E-state index contributed by atoms with van der Waals surface area (Å²) in [5.74, 6) is 0.484. The van der Waals surface area contributed by atoms with Crippen LogP contribution in [0.1, 0.15) is 5.56 Å². The van der Waals surface area contributed by atoms with Crippen molar-refractivity contribution in [2.24, 2.45) is 0 Å². The second-order valence-corrected chi connectivity index (χ2v) is 7.18. The van der Waals surface area contributed by atoms with Crippen LogP contribution in [-0.4, -0.2) is 27.7 Å². The fraction of sp³-hybridized carbons (Fsp3) is 0.231. The van der Waals surface area contributed by atoms with Crippen molar-refractivity contribution in [2.45, 2.75) is 10.8 Å². The number of aliphatic hydroxyl groups excluding tert-OH is 1. The fourth-order valence-corrected chi connectivity index (χ4v) is 4.30. The van der Waals surface area contributed by atoms with Crippen molar-refractivity contribution in [1.82, 2.24) is 0 Å². The van der Waals surface area contributed by atoms with E-state index in [9.17, 15) is 8.42 Å². The maximum Gasteiger partial charge on any atom is 0.273 e. The number of rotatable bonds is 5. The number of benzene rings is 1. The molecule has 0 radical (unpaired) electrons. The first-order valence-electron chi connectivity index (χ1n) is 5.81. The SMILES string of the molecule is COc1ccccc1N(C)S(=O)(=O)c1cc(CO)cs1. The normalized spacial score (nSPS) is 11.3. The lowest BCUT2D eigenvalue weighted by molar-refractivity contribution is 0.282. The number of hydrogen-bond donors (Lipinski definition) is 1. The number of thiophene rings is 1. The predicted octanol–water partition coefficient (Wildman–Crippen LogP) is 2.07. The molecule has 0 bridgehead atoms. The first-order valence-corrected chi connectivity index (χ1v) is 8.13. The molecule has 1 aromatic carbocycles. The van der Waals surface area contributed by atoms with Crippen molar-refractivity contribution in [2.75, 3.05) is 18.5 Å². The summed E-state index contributed by atoms with van der Waals surface area (Å²) >= 11 is 1.09. The molecule has 1 heterocycles. The van der Waals surface area contributed by atoms with Crippen LogP contribution in [0.5, 0.6) is 5.75 Å². The van der Waals surface area contributed by atoms with Gasteiger partial charge in [-0.2, -0.15) is 0 Å². The number of sulfonamides is 1. The van der Waals surface area contributed by atoms with Crippen molar-refractivity contribution < 1.29 is 18.3 Å². The number of hydrogen-bond acceptors (Lipinski definition) is 5. The van der Waals surface area contributed by atoms with E-state index in [1.54, 1.807) is 29.6 Å². The molecule has 2 rings (SSSR count). The van der Waals surface area contributed by atoms with Gasteiger partial charge in [0.2, 0.25) is 0 Å². The van der Waals surface area contributed by atoms with Gasteiger partial charge in [-0.25, -0.2) is 8.42 Å². The average molecular weight is 313 g/mol. The number of ether oxygens (including phenoxy) is 1. The van der Waals surface area contributed by atoms with E-state index < -0.39 is 10.0 Å². The van der Waals surface area contributed by atoms with Gasteiger partial charge < -0.3 is 9.84 Å². The molecule has 0 atom stereocenters. The van der Waals surface area contributed by atoms with Crippen molar-refractivity contribution in [3.63, 3.8) is 0 Å². The van der Waals surface area contributed by atoms with Gasteiger partial charge in [0, 0.05) is 7.05 Å². The van der Waals surface area contributed by atoms with E-state index in [0.29, 0.717) is 17.0 Å². The number of para-hydroxylation sites is 2. The van der Waals surface area contributed by atoms with Gasteiger partial charge in [0.25, 0.3) is 10.0 Å². The Kier molecular flexibility index (Phi) is 4.32. The molecule has 1 aromatic heterocycles. The monoisotopic (exact) mass is 313 g/mol. The Bertz CT molecular complexity index is 694. The summed E-state index contributed by atoms with van der Waals surface area (Å²) in [5, 5.41) is 10.7. The highest BCUT2D eigenvalue weighted by molar-refractivity contribution is 7.94. The molecule has 0 saturated heterocycles. The van der Waals surface area contributed by atoms with E-state index in [1.165, 1.54) is 24.5 Å². The van der Waals surface area contributed by atoms with E-state index in [2.05, 4.69) is 0 Å². The maximum atomic E-state index is 12.5. The van der Waals surface area contributed by atoms with Gasteiger partial charge in [-0.05, 0) is 29.1 Å². The third-order valence-corrected chi connectivity index (χ3v) is 6.09. The summed E-state index contributed by atoms with van der Waals surface area (Å²) in [6, 6.07) is 8.38. The van der Waals surface area contributed by atoms with Crippen LogP contribution >= 0.6 is 11.3 Å². The van der Waals surface area contributed by atoms with Crippen LogP contribution in [-0.2, 0) is 16.6 Å². The topological polar surface area (TPSA) is 66.8 Å². The molecule has 0 aliphatic rings. The Morgan fingerprint density at radius 3 is 2.65 bits per heavy atom. The predicted molar refractivity (Wildman–Crippen MR) is 78.8 cm³/mol. The largest absolute Gasteiger partial charge is 0.495 e. The van der Waals surface area contributed by atoms with Gasteiger partial charge in [0.1, 0.15) is 9.96 Å². The minimum atomic E-state index is -3.65. The molecule has 2 aromatic rings. The van der Waals surface area contributed by atoms with Crippen molar-refractivity contribution in [3.05, 3.63) is 41.3 Å². The minimum Gasteiger partial charge on any atom is -0.495 e. The van der Waals surface area contributed by atoms with Gasteiger partial charge >= 0.3 is 0 Å². The zero-order valence-corrected chi connectivity index (χ0v) is 12.7. The Morgan fingerprint density at radius 1 is 1.35 bits per heavy atom. The Morgan fingerprint density at radius 2 is 2.05 bits per heavy atom. The quantitative estimate of drug-likeness (QED) is 0.917. The first-order chi connectivity index (χ1) is 9.50. The van der Waals surface area contributed by atoms with E-state index in [1.807, 2.05) is 0 Å². The highest BCUT2D eigenvalue weighted by Gasteiger charge is 2.25. The molecular formula is C13H15NO4S2. The molecule has 7 heteroatoms. The first kappa shape index (κ1) is 14.8. The number of anilines is 1. The lowest BCUT2D eigenvalue weighted by atomic mass is 10.3. The number of nitrogens with zero attached hydrogens (tertiary/aromatic N) is 1. The molecule has 20 heavy (non-hydrogen) atoms. The van der Waals surface area contributed by atoms with Gasteiger partial charge in [-0.3, -0.25) is 4.31 Å². The van der Waals surface area contributed by atoms with Crippen LogP contribution in [0.3, 0.4) is 0 Å². The van der Waals surface area contributed by atoms with Crippen LogP contribution in [0, 0.1) is 0 Å². The molecular weight excluding hydrogens is 298 g/mol. The molecule has 0 unspecified atom stereocenters. The van der Waals surface area contributed by atoms with Crippen LogP contribution in [0.25, 0.3) is 0 Å². The van der Waals surface area contributed by atoms with E-state index in [0.717, 1.165) is 11.3 Å². The standard InChI is InChI=1S/C13H15NO4S2/c1-14(11-5-3-4-6-12(11)18-2)20(16,17)13-7-10(8-15)9-19-13/h3-7,9,15H,8H2,1-2H3. The number of methoxy groups -OCH3 is 1. The Hall–Kier alpha value is -1.57. The van der Waals surface area contributed by atoms with Crippen molar-refractivity contribution in [1.29, 1.82) is 0 Å². The smallest absolute Gasteiger partial charge is 0.273 e. The second kappa shape index (κ2) is 5.82. The summed E-state index contributed by atoms with van der Waals surface area (Å²) in [7, 11) is -0.681. The molecule has 0 aliphatic carbocycles. The average Bonchev–Trinajstić information content (AvgIpc) is 2.96. The summed E-state index contributed by atoms with van der Waals surface area (Å²) in [6.45, 7) is -0.176. The minimum absolute atomic E-state index is 0.176. The summed E-state index contributed by atoms with van der Waals surface area (Å²) in [5.41, 5.74) is 1.05. The van der Waals surface area contributed by atoms with Crippen molar-refractivity contribution >= 4 is 27.0 Å². The van der Waals surface area contributed by atoms with Crippen molar-refractivity contribution in [3.8, 4) is 5.75 Å². The van der Waals surface area contributed by atoms with E-state index >= 15 is 0 Å². The van der Waals surface area contributed by atoms with Gasteiger partial charge in [-0.1, -0.05) is 12.1 Å². The lowest BCUT2D eigenvalue weighted by Crippen LogP contribution is -2.26. The van der Waals surface area contributed by atoms with Gasteiger partial charge in [0.05, 0.1) is 19.4 Å². The second-order valence-electron chi connectivity index (χ2n) is 4.08. The van der Waals surface area contributed by atoms with E-state index in [-0.39, 0.29) is 10.8 Å². The summed E-state index contributed by atoms with van der Waals surface area (Å²) in [6.07, 6.45) is 0. The third kappa shape index (κ3) is 2.65. The zero-order chi connectivity index (χ0) is 14.8. The van der Waals surface area contributed by atoms with Gasteiger partial charge in [-0.15, -0.1) is 11.3 Å². The molecule has 108 valence electrons. The fourth-order valence-electron chi connectivity index (χ4n) is 1.73. The highest BCUT2D eigenvalue weighted by atomic mass is 32.2. The summed E-state index contributed by atoms with van der Waals surface area (Å²) < 4.78 is 31.6. The molecule has 0 fully saturated rings.